The summed E-state index contributed by atoms with van der Waals surface area (Å²) in [5.74, 6) is -0.0573. The smallest absolute Gasteiger partial charge is 0.231 e. The summed E-state index contributed by atoms with van der Waals surface area (Å²) in [6.45, 7) is 21.0. The van der Waals surface area contributed by atoms with Crippen molar-refractivity contribution < 1.29 is 9.36 Å². The van der Waals surface area contributed by atoms with Gasteiger partial charge >= 0.3 is 0 Å². The lowest BCUT2D eigenvalue weighted by atomic mass is 9.87. The van der Waals surface area contributed by atoms with Crippen molar-refractivity contribution >= 4 is 23.7 Å². The quantitative estimate of drug-likeness (QED) is 0.484. The van der Waals surface area contributed by atoms with Crippen LogP contribution in [0.5, 0.6) is 0 Å². The first kappa shape index (κ1) is 26.4. The molecule has 0 fully saturated rings. The standard InChI is InChI=1S/C28H42NO2P/c1-20(2)29(21(3)4)26(30)19-32(31,24-15-11-22(12-16-24)27(5,6)7)25-17-13-23(14-18-25)28(8,9)10/h11-18,20-21H,19H2,1-10H3. The number of carbonyl (C=O) groups is 1. The van der Waals surface area contributed by atoms with Crippen LogP contribution in [0.3, 0.4) is 0 Å². The Morgan fingerprint density at radius 2 is 1.03 bits per heavy atom. The number of hydrogen-bond acceptors (Lipinski definition) is 2. The highest BCUT2D eigenvalue weighted by Gasteiger charge is 2.34. The van der Waals surface area contributed by atoms with Gasteiger partial charge < -0.3 is 9.46 Å². The molecule has 0 N–H and O–H groups in total. The van der Waals surface area contributed by atoms with Crippen molar-refractivity contribution in [2.45, 2.75) is 92.2 Å². The molecule has 0 saturated heterocycles. The molecule has 0 spiro atoms. The van der Waals surface area contributed by atoms with Gasteiger partial charge in [-0.15, -0.1) is 0 Å². The number of amides is 1. The van der Waals surface area contributed by atoms with E-state index in [2.05, 4.69) is 65.8 Å². The van der Waals surface area contributed by atoms with E-state index in [1.165, 1.54) is 11.1 Å². The SMILES string of the molecule is CC(C)N(C(=O)CP(=O)(c1ccc(C(C)(C)C)cc1)c1ccc(C(C)(C)C)cc1)C(C)C. The molecule has 2 aromatic carbocycles. The van der Waals surface area contributed by atoms with Gasteiger partial charge in [0.1, 0.15) is 0 Å². The molecule has 32 heavy (non-hydrogen) atoms. The lowest BCUT2D eigenvalue weighted by molar-refractivity contribution is -0.131. The third-order valence-corrected chi connectivity index (χ3v) is 9.04. The van der Waals surface area contributed by atoms with E-state index < -0.39 is 7.14 Å². The second-order valence-corrected chi connectivity index (χ2v) is 14.3. The summed E-state index contributed by atoms with van der Waals surface area (Å²) in [5.41, 5.74) is 2.40. The summed E-state index contributed by atoms with van der Waals surface area (Å²) >= 11 is 0. The molecule has 0 aromatic heterocycles. The molecule has 3 nitrogen and oxygen atoms in total. The van der Waals surface area contributed by atoms with E-state index in [1.54, 1.807) is 0 Å². The van der Waals surface area contributed by atoms with Gasteiger partial charge in [-0.3, -0.25) is 4.79 Å². The van der Waals surface area contributed by atoms with E-state index in [-0.39, 0.29) is 35.0 Å². The molecule has 0 unspecified atom stereocenters. The first-order chi connectivity index (χ1) is 14.6. The fourth-order valence-electron chi connectivity index (χ4n) is 4.18. The molecule has 2 aromatic rings. The predicted octanol–water partition coefficient (Wildman–Crippen LogP) is 6.24. The Labute approximate surface area is 196 Å². The average molecular weight is 456 g/mol. The highest BCUT2D eigenvalue weighted by atomic mass is 31.2. The van der Waals surface area contributed by atoms with Crippen LogP contribution >= 0.6 is 7.14 Å². The zero-order chi connectivity index (χ0) is 24.5. The zero-order valence-electron chi connectivity index (χ0n) is 21.7. The molecule has 4 heteroatoms. The number of hydrogen-bond donors (Lipinski definition) is 0. The van der Waals surface area contributed by atoms with Crippen LogP contribution in [0.25, 0.3) is 0 Å². The minimum atomic E-state index is -3.15. The molecule has 0 bridgehead atoms. The highest BCUT2D eigenvalue weighted by molar-refractivity contribution is 7.79. The minimum absolute atomic E-state index is 0.00703. The Hall–Kier alpha value is -1.86. The first-order valence-corrected chi connectivity index (χ1v) is 13.6. The van der Waals surface area contributed by atoms with E-state index in [1.807, 2.05) is 56.9 Å². The fraction of sp³-hybridized carbons (Fsp3) is 0.536. The van der Waals surface area contributed by atoms with Gasteiger partial charge in [0.25, 0.3) is 0 Å². The number of nitrogens with zero attached hydrogens (tertiary/aromatic N) is 1. The molecule has 1 amide bonds. The molecular formula is C28H42NO2P. The lowest BCUT2D eigenvalue weighted by Gasteiger charge is -2.32. The van der Waals surface area contributed by atoms with E-state index >= 15 is 0 Å². The van der Waals surface area contributed by atoms with Crippen LogP contribution in [0.4, 0.5) is 0 Å². The Kier molecular flexibility index (Phi) is 7.88. The Morgan fingerprint density at radius 3 is 1.28 bits per heavy atom. The fourth-order valence-corrected chi connectivity index (χ4v) is 6.65. The molecule has 0 aliphatic carbocycles. The predicted molar refractivity (Wildman–Crippen MR) is 139 cm³/mol. The lowest BCUT2D eigenvalue weighted by Crippen LogP contribution is -2.44. The maximum Gasteiger partial charge on any atom is 0.231 e. The molecule has 0 atom stereocenters. The summed E-state index contributed by atoms with van der Waals surface area (Å²) in [4.78, 5) is 15.2. The van der Waals surface area contributed by atoms with Crippen LogP contribution in [-0.4, -0.2) is 29.1 Å². The summed E-state index contributed by atoms with van der Waals surface area (Å²) in [7, 11) is -3.15. The third kappa shape index (κ3) is 5.93. The Balaban J connectivity index is 2.58. The van der Waals surface area contributed by atoms with Crippen LogP contribution < -0.4 is 10.6 Å². The van der Waals surface area contributed by atoms with Crippen LogP contribution in [0.15, 0.2) is 48.5 Å². The van der Waals surface area contributed by atoms with Crippen LogP contribution in [-0.2, 0) is 20.2 Å². The van der Waals surface area contributed by atoms with Crippen LogP contribution in [0.1, 0.15) is 80.4 Å². The maximum atomic E-state index is 14.7. The molecule has 0 heterocycles. The number of rotatable bonds is 6. The van der Waals surface area contributed by atoms with Crippen molar-refractivity contribution in [1.82, 2.24) is 4.90 Å². The van der Waals surface area contributed by atoms with Crippen molar-refractivity contribution in [2.24, 2.45) is 0 Å². The Morgan fingerprint density at radius 1 is 0.719 bits per heavy atom. The van der Waals surface area contributed by atoms with E-state index in [4.69, 9.17) is 0 Å². The van der Waals surface area contributed by atoms with Gasteiger partial charge in [0.15, 0.2) is 7.14 Å². The van der Waals surface area contributed by atoms with E-state index in [9.17, 15) is 9.36 Å². The number of benzene rings is 2. The van der Waals surface area contributed by atoms with Gasteiger partial charge in [-0.25, -0.2) is 0 Å². The monoisotopic (exact) mass is 455 g/mol. The van der Waals surface area contributed by atoms with Gasteiger partial charge in [0.2, 0.25) is 5.91 Å². The molecule has 0 aliphatic heterocycles. The van der Waals surface area contributed by atoms with Gasteiger partial charge in [-0.1, -0.05) is 90.1 Å². The van der Waals surface area contributed by atoms with E-state index in [0.717, 1.165) is 10.6 Å². The normalized spacial score (nSPS) is 13.0. The van der Waals surface area contributed by atoms with Gasteiger partial charge in [0, 0.05) is 22.7 Å². The second kappa shape index (κ2) is 9.56. The molecule has 0 radical (unpaired) electrons. The summed E-state index contributed by atoms with van der Waals surface area (Å²) < 4.78 is 14.7. The molecule has 176 valence electrons. The maximum absolute atomic E-state index is 14.7. The van der Waals surface area contributed by atoms with Gasteiger partial charge in [-0.05, 0) is 49.7 Å². The van der Waals surface area contributed by atoms with Gasteiger partial charge in [0.05, 0.1) is 6.16 Å². The molecule has 0 aliphatic rings. The number of carbonyl (C=O) groups excluding carboxylic acids is 1. The highest BCUT2D eigenvalue weighted by Crippen LogP contribution is 2.44. The van der Waals surface area contributed by atoms with Gasteiger partial charge in [-0.2, -0.15) is 0 Å². The second-order valence-electron chi connectivity index (χ2n) is 11.5. The third-order valence-electron chi connectivity index (χ3n) is 6.06. The summed E-state index contributed by atoms with van der Waals surface area (Å²) in [6, 6.07) is 16.2. The average Bonchev–Trinajstić information content (AvgIpc) is 2.66. The molecular weight excluding hydrogens is 413 g/mol. The Bertz CT molecular complexity index is 889. The summed E-state index contributed by atoms with van der Waals surface area (Å²) in [5, 5.41) is 1.49. The first-order valence-electron chi connectivity index (χ1n) is 11.7. The topological polar surface area (TPSA) is 37.4 Å². The summed E-state index contributed by atoms with van der Waals surface area (Å²) in [6.07, 6.45) is 0.00703. The van der Waals surface area contributed by atoms with Crippen molar-refractivity contribution in [3.05, 3.63) is 59.7 Å². The van der Waals surface area contributed by atoms with Crippen molar-refractivity contribution in [3.8, 4) is 0 Å². The van der Waals surface area contributed by atoms with Crippen LogP contribution in [0.2, 0.25) is 0 Å². The zero-order valence-corrected chi connectivity index (χ0v) is 22.6. The van der Waals surface area contributed by atoms with Crippen molar-refractivity contribution in [3.63, 3.8) is 0 Å². The molecule has 2 rings (SSSR count). The van der Waals surface area contributed by atoms with Crippen molar-refractivity contribution in [1.29, 1.82) is 0 Å². The van der Waals surface area contributed by atoms with Crippen LogP contribution in [0, 0.1) is 0 Å². The largest absolute Gasteiger partial charge is 0.337 e. The van der Waals surface area contributed by atoms with E-state index in [0.29, 0.717) is 0 Å². The minimum Gasteiger partial charge on any atom is -0.337 e. The van der Waals surface area contributed by atoms with Crippen molar-refractivity contribution in [2.75, 3.05) is 6.16 Å². The molecule has 0 saturated carbocycles.